The normalized spacial score (nSPS) is 9.78. The third-order valence-corrected chi connectivity index (χ3v) is 2.61. The van der Waals surface area contributed by atoms with Crippen molar-refractivity contribution in [1.82, 2.24) is 9.97 Å². The zero-order chi connectivity index (χ0) is 12.8. The second-order valence-corrected chi connectivity index (χ2v) is 3.99. The van der Waals surface area contributed by atoms with Crippen molar-refractivity contribution in [2.75, 3.05) is 11.9 Å². The highest BCUT2D eigenvalue weighted by Gasteiger charge is 2.03. The van der Waals surface area contributed by atoms with E-state index in [1.54, 1.807) is 18.5 Å². The molecule has 2 aromatic rings. The van der Waals surface area contributed by atoms with Crippen LogP contribution in [0.25, 0.3) is 0 Å². The van der Waals surface area contributed by atoms with Crippen LogP contribution in [-0.4, -0.2) is 16.5 Å². The summed E-state index contributed by atoms with van der Waals surface area (Å²) in [5.74, 6) is 0.659. The summed E-state index contributed by atoms with van der Waals surface area (Å²) in [7, 11) is 0. The zero-order valence-electron chi connectivity index (χ0n) is 10.2. The molecule has 4 heteroatoms. The number of pyridine rings is 2. The summed E-state index contributed by atoms with van der Waals surface area (Å²) in [6.07, 6.45) is 4.44. The minimum Gasteiger partial charge on any atom is -0.369 e. The van der Waals surface area contributed by atoms with Gasteiger partial charge >= 0.3 is 0 Å². The number of rotatable bonds is 4. The maximum Gasteiger partial charge on any atom is 0.144 e. The summed E-state index contributed by atoms with van der Waals surface area (Å²) in [5, 5.41) is 12.2. The molecule has 18 heavy (non-hydrogen) atoms. The van der Waals surface area contributed by atoms with E-state index in [1.807, 2.05) is 25.1 Å². The molecular weight excluding hydrogens is 224 g/mol. The Labute approximate surface area is 106 Å². The number of aryl methyl sites for hydroxylation is 1. The molecule has 0 spiro atoms. The molecule has 4 nitrogen and oxygen atoms in total. The van der Waals surface area contributed by atoms with Crippen molar-refractivity contribution < 1.29 is 0 Å². The van der Waals surface area contributed by atoms with Crippen LogP contribution in [0, 0.1) is 18.3 Å². The Kier molecular flexibility index (Phi) is 3.87. The second kappa shape index (κ2) is 5.78. The lowest BCUT2D eigenvalue weighted by atomic mass is 10.2. The van der Waals surface area contributed by atoms with Gasteiger partial charge in [-0.25, -0.2) is 4.98 Å². The average Bonchev–Trinajstić information content (AvgIpc) is 2.40. The number of nitriles is 1. The molecule has 0 amide bonds. The fourth-order valence-corrected chi connectivity index (χ4v) is 1.66. The van der Waals surface area contributed by atoms with Crippen molar-refractivity contribution in [1.29, 1.82) is 5.26 Å². The lowest BCUT2D eigenvalue weighted by Gasteiger charge is -2.07. The lowest BCUT2D eigenvalue weighted by molar-refractivity contribution is 0.993. The van der Waals surface area contributed by atoms with E-state index in [0.717, 1.165) is 18.7 Å². The third kappa shape index (κ3) is 3.05. The van der Waals surface area contributed by atoms with Gasteiger partial charge in [-0.3, -0.25) is 4.98 Å². The zero-order valence-corrected chi connectivity index (χ0v) is 10.2. The van der Waals surface area contributed by atoms with E-state index < -0.39 is 0 Å². The third-order valence-electron chi connectivity index (χ3n) is 2.61. The molecule has 0 bridgehead atoms. The summed E-state index contributed by atoms with van der Waals surface area (Å²) in [4.78, 5) is 8.30. The maximum absolute atomic E-state index is 8.99. The smallest absolute Gasteiger partial charge is 0.144 e. The Morgan fingerprint density at radius 3 is 2.72 bits per heavy atom. The highest BCUT2D eigenvalue weighted by atomic mass is 15.0. The van der Waals surface area contributed by atoms with E-state index in [4.69, 9.17) is 5.26 Å². The summed E-state index contributed by atoms with van der Waals surface area (Å²) in [5.41, 5.74) is 2.69. The van der Waals surface area contributed by atoms with Crippen LogP contribution < -0.4 is 5.32 Å². The van der Waals surface area contributed by atoms with Gasteiger partial charge in [-0.1, -0.05) is 0 Å². The van der Waals surface area contributed by atoms with E-state index >= 15 is 0 Å². The summed E-state index contributed by atoms with van der Waals surface area (Å²) in [6.45, 7) is 2.66. The van der Waals surface area contributed by atoms with Crippen molar-refractivity contribution in [2.24, 2.45) is 0 Å². The molecule has 0 unspecified atom stereocenters. The predicted octanol–water partition coefficient (Wildman–Crippen LogP) is 2.31. The minimum absolute atomic E-state index is 0.579. The van der Waals surface area contributed by atoms with Crippen molar-refractivity contribution in [3.05, 3.63) is 53.5 Å². The number of hydrogen-bond donors (Lipinski definition) is 1. The van der Waals surface area contributed by atoms with Gasteiger partial charge in [-0.15, -0.1) is 0 Å². The SMILES string of the molecule is Cc1ccc(C#N)c(NCCc2ccncc2)n1. The van der Waals surface area contributed by atoms with Gasteiger partial charge < -0.3 is 5.32 Å². The van der Waals surface area contributed by atoms with Gasteiger partial charge in [0, 0.05) is 24.6 Å². The van der Waals surface area contributed by atoms with Gasteiger partial charge in [0.25, 0.3) is 0 Å². The number of hydrogen-bond acceptors (Lipinski definition) is 4. The Morgan fingerprint density at radius 1 is 1.22 bits per heavy atom. The Balaban J connectivity index is 1.98. The topological polar surface area (TPSA) is 61.6 Å². The second-order valence-electron chi connectivity index (χ2n) is 3.99. The van der Waals surface area contributed by atoms with Crippen molar-refractivity contribution in [3.8, 4) is 6.07 Å². The average molecular weight is 238 g/mol. The monoisotopic (exact) mass is 238 g/mol. The van der Waals surface area contributed by atoms with Crippen molar-refractivity contribution in [2.45, 2.75) is 13.3 Å². The highest BCUT2D eigenvalue weighted by Crippen LogP contribution is 2.12. The first-order valence-electron chi connectivity index (χ1n) is 5.80. The first-order chi connectivity index (χ1) is 8.79. The molecule has 0 radical (unpaired) electrons. The molecular formula is C14H14N4. The van der Waals surface area contributed by atoms with Gasteiger partial charge in [-0.05, 0) is 43.2 Å². The quantitative estimate of drug-likeness (QED) is 0.887. The van der Waals surface area contributed by atoms with Crippen LogP contribution in [0.5, 0.6) is 0 Å². The van der Waals surface area contributed by atoms with Crippen LogP contribution in [-0.2, 0) is 6.42 Å². The first kappa shape index (κ1) is 12.1. The number of nitrogens with one attached hydrogen (secondary N) is 1. The molecule has 0 aliphatic carbocycles. The van der Waals surface area contributed by atoms with Crippen molar-refractivity contribution in [3.63, 3.8) is 0 Å². The van der Waals surface area contributed by atoms with Gasteiger partial charge in [0.15, 0.2) is 0 Å². The predicted molar refractivity (Wildman–Crippen MR) is 70.1 cm³/mol. The van der Waals surface area contributed by atoms with Crippen LogP contribution in [0.2, 0.25) is 0 Å². The van der Waals surface area contributed by atoms with Gasteiger partial charge in [-0.2, -0.15) is 5.26 Å². The molecule has 2 rings (SSSR count). The fourth-order valence-electron chi connectivity index (χ4n) is 1.66. The number of aromatic nitrogens is 2. The van der Waals surface area contributed by atoms with Crippen LogP contribution in [0.15, 0.2) is 36.7 Å². The van der Waals surface area contributed by atoms with E-state index in [2.05, 4.69) is 21.4 Å². The van der Waals surface area contributed by atoms with Gasteiger partial charge in [0.1, 0.15) is 11.9 Å². The molecule has 0 fully saturated rings. The standard InChI is InChI=1S/C14H14N4/c1-11-2-3-13(10-15)14(18-11)17-9-6-12-4-7-16-8-5-12/h2-5,7-8H,6,9H2,1H3,(H,17,18). The van der Waals surface area contributed by atoms with Crippen LogP contribution in [0.1, 0.15) is 16.8 Å². The van der Waals surface area contributed by atoms with Crippen LogP contribution in [0.4, 0.5) is 5.82 Å². The van der Waals surface area contributed by atoms with E-state index in [1.165, 1.54) is 5.56 Å². The molecule has 2 heterocycles. The van der Waals surface area contributed by atoms with E-state index in [9.17, 15) is 0 Å². The summed E-state index contributed by atoms with van der Waals surface area (Å²) in [6, 6.07) is 9.73. The van der Waals surface area contributed by atoms with Gasteiger partial charge in [0.2, 0.25) is 0 Å². The van der Waals surface area contributed by atoms with Gasteiger partial charge in [0.05, 0.1) is 5.56 Å². The highest BCUT2D eigenvalue weighted by molar-refractivity contribution is 5.52. The maximum atomic E-state index is 8.99. The number of nitrogens with zero attached hydrogens (tertiary/aromatic N) is 3. The van der Waals surface area contributed by atoms with Crippen LogP contribution >= 0.6 is 0 Å². The fraction of sp³-hybridized carbons (Fsp3) is 0.214. The summed E-state index contributed by atoms with van der Waals surface area (Å²) < 4.78 is 0. The lowest BCUT2D eigenvalue weighted by Crippen LogP contribution is -2.08. The van der Waals surface area contributed by atoms with E-state index in [-0.39, 0.29) is 0 Å². The molecule has 90 valence electrons. The largest absolute Gasteiger partial charge is 0.369 e. The van der Waals surface area contributed by atoms with E-state index in [0.29, 0.717) is 11.4 Å². The van der Waals surface area contributed by atoms with Crippen molar-refractivity contribution >= 4 is 5.82 Å². The first-order valence-corrected chi connectivity index (χ1v) is 5.80. The van der Waals surface area contributed by atoms with Crippen LogP contribution in [0.3, 0.4) is 0 Å². The minimum atomic E-state index is 0.579. The molecule has 0 saturated heterocycles. The number of anilines is 1. The molecule has 0 atom stereocenters. The summed E-state index contributed by atoms with van der Waals surface area (Å²) >= 11 is 0. The Bertz CT molecular complexity index is 558. The molecule has 1 N–H and O–H groups in total. The molecule has 0 aliphatic rings. The Hall–Kier alpha value is -2.41. The Morgan fingerprint density at radius 2 is 2.00 bits per heavy atom. The molecule has 0 saturated carbocycles. The molecule has 2 aromatic heterocycles. The molecule has 0 aliphatic heterocycles. The molecule has 0 aromatic carbocycles.